The van der Waals surface area contributed by atoms with E-state index in [-0.39, 0.29) is 18.5 Å². The first-order valence-electron chi connectivity index (χ1n) is 12.8. The summed E-state index contributed by atoms with van der Waals surface area (Å²) in [7, 11) is -4.05. The largest absolute Gasteiger partial charge is 0.673 e. The Kier molecular flexibility index (Phi) is 8.03. The lowest BCUT2D eigenvalue weighted by Gasteiger charge is -2.42. The quantitative estimate of drug-likeness (QED) is 0.183. The van der Waals surface area contributed by atoms with E-state index in [0.29, 0.717) is 30.9 Å². The molecule has 0 spiro atoms. The molecule has 1 atom stereocenters. The zero-order valence-corrected chi connectivity index (χ0v) is 22.1. The maximum Gasteiger partial charge on any atom is 0.673 e. The lowest BCUT2D eigenvalue weighted by molar-refractivity contribution is -0.671. The summed E-state index contributed by atoms with van der Waals surface area (Å²) in [5, 5.41) is 0. The minimum absolute atomic E-state index is 0.0855. The van der Waals surface area contributed by atoms with Crippen LogP contribution in [0.15, 0.2) is 67.3 Å². The standard InChI is InChI=1S/C27H31N4O3.BF4/c1-20(2)18-30-23-10-9-21(26(33)34-16-15-29-14-13-28(3)19-29)17-24(23)31-25(32)11-12-27(30,31)22-7-5-4-6-8-22;2-1(3,4)5/h4-10,13-14,17,19-20H,11-12,15-16,18H2,1-3H3;/q+1;-1. The number of amides is 1. The second-order valence-corrected chi connectivity index (χ2v) is 10.1. The number of hydrogen-bond donors (Lipinski definition) is 0. The monoisotopic (exact) mass is 546 g/mol. The van der Waals surface area contributed by atoms with Gasteiger partial charge in [0, 0.05) is 19.4 Å². The summed E-state index contributed by atoms with van der Waals surface area (Å²) in [6.07, 6.45) is 7.01. The van der Waals surface area contributed by atoms with E-state index in [1.165, 1.54) is 0 Å². The molecule has 1 saturated heterocycles. The van der Waals surface area contributed by atoms with E-state index in [2.05, 4.69) is 30.9 Å². The SMILES string of the molecule is CC(C)CN1c2ccc(C(=O)OCCn3cc[n+](C)c3)cc2N2C(=O)CCC12c1ccccc1.F[B-](F)(F)F. The van der Waals surface area contributed by atoms with Crippen molar-refractivity contribution in [2.45, 2.75) is 38.9 Å². The summed E-state index contributed by atoms with van der Waals surface area (Å²) in [5.74, 6) is 0.116. The molecule has 2 aliphatic heterocycles. The Morgan fingerprint density at radius 3 is 2.41 bits per heavy atom. The predicted molar refractivity (Wildman–Crippen MR) is 140 cm³/mol. The van der Waals surface area contributed by atoms with Crippen molar-refractivity contribution >= 4 is 30.5 Å². The molecule has 2 aromatic carbocycles. The Morgan fingerprint density at radius 2 is 1.79 bits per heavy atom. The van der Waals surface area contributed by atoms with Crippen molar-refractivity contribution in [2.75, 3.05) is 23.0 Å². The first-order valence-corrected chi connectivity index (χ1v) is 12.8. The molecule has 3 heterocycles. The number of aryl methyl sites for hydroxylation is 1. The molecule has 0 bridgehead atoms. The molecule has 1 amide bonds. The van der Waals surface area contributed by atoms with Gasteiger partial charge in [0.2, 0.25) is 12.2 Å². The van der Waals surface area contributed by atoms with Crippen LogP contribution in [-0.4, -0.2) is 36.8 Å². The number of halogens is 4. The summed E-state index contributed by atoms with van der Waals surface area (Å²) in [4.78, 5) is 30.4. The molecule has 0 radical (unpaired) electrons. The summed E-state index contributed by atoms with van der Waals surface area (Å²) in [6.45, 7) is 6.05. The maximum absolute atomic E-state index is 13.2. The highest BCUT2D eigenvalue weighted by Crippen LogP contribution is 2.56. The van der Waals surface area contributed by atoms with Crippen molar-refractivity contribution in [3.8, 4) is 0 Å². The number of fused-ring (bicyclic) bond motifs is 3. The summed E-state index contributed by atoms with van der Waals surface area (Å²) >= 11 is 0. The molecule has 39 heavy (non-hydrogen) atoms. The molecule has 7 nitrogen and oxygen atoms in total. The number of esters is 1. The summed E-state index contributed by atoms with van der Waals surface area (Å²) < 4.78 is 48.5. The zero-order chi connectivity index (χ0) is 28.4. The van der Waals surface area contributed by atoms with Gasteiger partial charge in [0.25, 0.3) is 0 Å². The van der Waals surface area contributed by atoms with E-state index in [0.717, 1.165) is 23.5 Å². The van der Waals surface area contributed by atoms with Gasteiger partial charge in [0.1, 0.15) is 31.2 Å². The minimum Gasteiger partial charge on any atom is -0.458 e. The molecule has 0 N–H and O–H groups in total. The van der Waals surface area contributed by atoms with Crippen LogP contribution in [0, 0.1) is 5.92 Å². The molecule has 1 fully saturated rings. The fourth-order valence-corrected chi connectivity index (χ4v) is 5.27. The van der Waals surface area contributed by atoms with Crippen LogP contribution in [0.4, 0.5) is 28.6 Å². The molecule has 12 heteroatoms. The van der Waals surface area contributed by atoms with E-state index in [1.807, 2.05) is 76.2 Å². The van der Waals surface area contributed by atoms with Gasteiger partial charge in [0.05, 0.1) is 24.0 Å². The van der Waals surface area contributed by atoms with Crippen LogP contribution in [-0.2, 0) is 28.8 Å². The first-order chi connectivity index (χ1) is 18.4. The van der Waals surface area contributed by atoms with E-state index in [9.17, 15) is 26.9 Å². The Morgan fingerprint density at radius 1 is 1.10 bits per heavy atom. The van der Waals surface area contributed by atoms with Crippen molar-refractivity contribution in [3.05, 3.63) is 78.4 Å². The highest BCUT2D eigenvalue weighted by Gasteiger charge is 2.57. The number of benzene rings is 2. The van der Waals surface area contributed by atoms with Crippen molar-refractivity contribution in [1.29, 1.82) is 0 Å². The van der Waals surface area contributed by atoms with Gasteiger partial charge in [0.15, 0.2) is 0 Å². The predicted octanol–water partition coefficient (Wildman–Crippen LogP) is 4.93. The lowest BCUT2D eigenvalue weighted by Crippen LogP contribution is -2.52. The molecular weight excluding hydrogens is 515 g/mol. The second kappa shape index (κ2) is 11.1. The zero-order valence-electron chi connectivity index (χ0n) is 22.1. The topological polar surface area (TPSA) is 58.7 Å². The van der Waals surface area contributed by atoms with Gasteiger partial charge in [-0.05, 0) is 29.7 Å². The number of carbonyl (C=O) groups excluding carboxylic acids is 2. The highest BCUT2D eigenvalue weighted by atomic mass is 19.5. The third kappa shape index (κ3) is 6.10. The number of ether oxygens (including phenoxy) is 1. The number of hydrogen-bond acceptors (Lipinski definition) is 4. The van der Waals surface area contributed by atoms with Gasteiger partial charge in [-0.2, -0.15) is 0 Å². The molecule has 2 aliphatic rings. The van der Waals surface area contributed by atoms with E-state index in [1.54, 1.807) is 0 Å². The first kappa shape index (κ1) is 28.2. The van der Waals surface area contributed by atoms with Gasteiger partial charge in [-0.1, -0.05) is 44.2 Å². The molecule has 0 aliphatic carbocycles. The van der Waals surface area contributed by atoms with Crippen LogP contribution in [0.2, 0.25) is 0 Å². The van der Waals surface area contributed by atoms with Gasteiger partial charge >= 0.3 is 13.2 Å². The number of imidazole rings is 1. The van der Waals surface area contributed by atoms with Crippen molar-refractivity contribution in [1.82, 2.24) is 4.57 Å². The molecule has 0 saturated carbocycles. The van der Waals surface area contributed by atoms with E-state index < -0.39 is 12.9 Å². The normalized spacial score (nSPS) is 18.1. The molecule has 5 rings (SSSR count). The van der Waals surface area contributed by atoms with Crippen LogP contribution >= 0.6 is 0 Å². The maximum atomic E-state index is 13.2. The van der Waals surface area contributed by atoms with Crippen molar-refractivity contribution in [2.24, 2.45) is 13.0 Å². The summed E-state index contributed by atoms with van der Waals surface area (Å²) in [5.41, 5.74) is 2.78. The van der Waals surface area contributed by atoms with Crippen LogP contribution in [0.5, 0.6) is 0 Å². The molecule has 1 aromatic heterocycles. The molecule has 208 valence electrons. The van der Waals surface area contributed by atoms with Crippen LogP contribution in [0.25, 0.3) is 0 Å². The fraction of sp³-hybridized carbons (Fsp3) is 0.370. The van der Waals surface area contributed by atoms with Crippen molar-refractivity contribution in [3.63, 3.8) is 0 Å². The molecule has 1 unspecified atom stereocenters. The lowest BCUT2D eigenvalue weighted by atomic mass is 9.94. The minimum atomic E-state index is -6.00. The van der Waals surface area contributed by atoms with E-state index >= 15 is 0 Å². The Bertz CT molecular complexity index is 1330. The smallest absolute Gasteiger partial charge is 0.458 e. The Hall–Kier alpha value is -3.83. The van der Waals surface area contributed by atoms with Crippen LogP contribution in [0.1, 0.15) is 42.6 Å². The highest BCUT2D eigenvalue weighted by molar-refractivity contribution is 6.50. The molecule has 3 aromatic rings. The third-order valence-electron chi connectivity index (χ3n) is 6.69. The number of carbonyl (C=O) groups is 2. The van der Waals surface area contributed by atoms with Crippen molar-refractivity contribution < 1.29 is 36.2 Å². The van der Waals surface area contributed by atoms with Gasteiger partial charge in [-0.15, -0.1) is 0 Å². The van der Waals surface area contributed by atoms with Crippen LogP contribution in [0.3, 0.4) is 0 Å². The molecular formula is C27H31BF4N4O3. The third-order valence-corrected chi connectivity index (χ3v) is 6.69. The average molecular weight is 546 g/mol. The van der Waals surface area contributed by atoms with E-state index in [4.69, 9.17) is 4.74 Å². The average Bonchev–Trinajstić information content (AvgIpc) is 3.52. The number of nitrogens with zero attached hydrogens (tertiary/aromatic N) is 4. The number of anilines is 2. The number of aromatic nitrogens is 2. The van der Waals surface area contributed by atoms with Crippen LogP contribution < -0.4 is 14.4 Å². The second-order valence-electron chi connectivity index (χ2n) is 10.1. The fourth-order valence-electron chi connectivity index (χ4n) is 5.27. The number of rotatable bonds is 7. The van der Waals surface area contributed by atoms with Gasteiger partial charge in [-0.25, -0.2) is 13.9 Å². The Labute approximate surface area is 224 Å². The Balaban J connectivity index is 0.000000648. The van der Waals surface area contributed by atoms with Gasteiger partial charge < -0.3 is 26.9 Å². The summed E-state index contributed by atoms with van der Waals surface area (Å²) in [6, 6.07) is 15.9. The van der Waals surface area contributed by atoms with Gasteiger partial charge in [-0.3, -0.25) is 9.69 Å².